The predicted octanol–water partition coefficient (Wildman–Crippen LogP) is 2.91. The fourth-order valence-electron chi connectivity index (χ4n) is 2.22. The largest absolute Gasteiger partial charge is 0.493 e. The van der Waals surface area contributed by atoms with Crippen LogP contribution in [0.5, 0.6) is 17.2 Å². The van der Waals surface area contributed by atoms with Gasteiger partial charge in [0.15, 0.2) is 11.5 Å². The molecule has 0 amide bonds. The molecule has 3 rings (SSSR count). The number of hydrogen-bond donors (Lipinski definition) is 1. The summed E-state index contributed by atoms with van der Waals surface area (Å²) < 4.78 is 16.1. The maximum atomic E-state index is 9.08. The fraction of sp³-hybridized carbons (Fsp3) is 0.188. The van der Waals surface area contributed by atoms with Crippen LogP contribution in [0.1, 0.15) is 11.1 Å². The lowest BCUT2D eigenvalue weighted by Gasteiger charge is -2.11. The maximum Gasteiger partial charge on any atom is 0.231 e. The third-order valence-electron chi connectivity index (χ3n) is 3.25. The topological polar surface area (TPSA) is 63.5 Å². The fourth-order valence-corrected chi connectivity index (χ4v) is 2.22. The Balaban J connectivity index is 1.81. The Morgan fingerprint density at radius 3 is 2.95 bits per heavy atom. The third kappa shape index (κ3) is 2.56. The Bertz CT molecular complexity index is 707. The number of benzene rings is 2. The van der Waals surface area contributed by atoms with Crippen molar-refractivity contribution >= 4 is 5.69 Å². The van der Waals surface area contributed by atoms with Crippen molar-refractivity contribution in [1.82, 2.24) is 0 Å². The van der Waals surface area contributed by atoms with Gasteiger partial charge in [-0.1, -0.05) is 12.1 Å². The van der Waals surface area contributed by atoms with E-state index in [9.17, 15) is 0 Å². The number of hydrogen-bond acceptors (Lipinski definition) is 5. The predicted molar refractivity (Wildman–Crippen MR) is 77.6 cm³/mol. The van der Waals surface area contributed by atoms with Gasteiger partial charge in [-0.25, -0.2) is 0 Å². The second-order valence-corrected chi connectivity index (χ2v) is 4.54. The molecule has 21 heavy (non-hydrogen) atoms. The summed E-state index contributed by atoms with van der Waals surface area (Å²) in [7, 11) is 1.60. The molecule has 0 bridgehead atoms. The van der Waals surface area contributed by atoms with Crippen molar-refractivity contribution in [3.63, 3.8) is 0 Å². The summed E-state index contributed by atoms with van der Waals surface area (Å²) in [5.41, 5.74) is 2.41. The summed E-state index contributed by atoms with van der Waals surface area (Å²) in [5, 5.41) is 12.3. The van der Waals surface area contributed by atoms with Crippen LogP contribution < -0.4 is 19.5 Å². The standard InChI is InChI=1S/C16H14N2O3/c1-19-14-6-11(7-15-16(14)21-10-20-15)9-18-13-5-3-2-4-12(13)8-17/h2-7,18H,9-10H2,1H3. The molecule has 0 aromatic heterocycles. The highest BCUT2D eigenvalue weighted by Crippen LogP contribution is 2.41. The van der Waals surface area contributed by atoms with Gasteiger partial charge in [0, 0.05) is 6.54 Å². The number of nitrogens with one attached hydrogen (secondary N) is 1. The highest BCUT2D eigenvalue weighted by atomic mass is 16.7. The summed E-state index contributed by atoms with van der Waals surface area (Å²) in [6.07, 6.45) is 0. The molecule has 2 aromatic rings. The lowest BCUT2D eigenvalue weighted by atomic mass is 10.1. The number of ether oxygens (including phenoxy) is 3. The first-order chi connectivity index (χ1) is 10.3. The number of fused-ring (bicyclic) bond motifs is 1. The second-order valence-electron chi connectivity index (χ2n) is 4.54. The molecule has 0 fully saturated rings. The van der Waals surface area contributed by atoms with E-state index in [1.165, 1.54) is 0 Å². The zero-order valence-corrected chi connectivity index (χ0v) is 11.6. The maximum absolute atomic E-state index is 9.08. The average molecular weight is 282 g/mol. The molecule has 5 heteroatoms. The van der Waals surface area contributed by atoms with Gasteiger partial charge in [0.1, 0.15) is 6.07 Å². The first-order valence-corrected chi connectivity index (χ1v) is 6.51. The van der Waals surface area contributed by atoms with Crippen LogP contribution in [-0.2, 0) is 6.54 Å². The molecular formula is C16H14N2O3. The Labute approximate surface area is 122 Å². The van der Waals surface area contributed by atoms with Crippen molar-refractivity contribution in [1.29, 1.82) is 5.26 Å². The molecule has 0 aliphatic carbocycles. The number of para-hydroxylation sites is 1. The molecule has 106 valence electrons. The van der Waals surface area contributed by atoms with Gasteiger partial charge < -0.3 is 19.5 Å². The van der Waals surface area contributed by atoms with Crippen LogP contribution in [-0.4, -0.2) is 13.9 Å². The van der Waals surface area contributed by atoms with Gasteiger partial charge in [0.25, 0.3) is 0 Å². The van der Waals surface area contributed by atoms with Crippen molar-refractivity contribution in [3.05, 3.63) is 47.5 Å². The van der Waals surface area contributed by atoms with Crippen LogP contribution in [0.2, 0.25) is 0 Å². The summed E-state index contributed by atoms with van der Waals surface area (Å²) >= 11 is 0. The van der Waals surface area contributed by atoms with E-state index in [0.29, 0.717) is 29.4 Å². The first-order valence-electron chi connectivity index (χ1n) is 6.51. The van der Waals surface area contributed by atoms with Gasteiger partial charge in [-0.2, -0.15) is 5.26 Å². The lowest BCUT2D eigenvalue weighted by molar-refractivity contribution is 0.171. The van der Waals surface area contributed by atoms with E-state index >= 15 is 0 Å². The summed E-state index contributed by atoms with van der Waals surface area (Å²) in [4.78, 5) is 0. The van der Waals surface area contributed by atoms with Gasteiger partial charge in [0.05, 0.1) is 18.4 Å². The summed E-state index contributed by atoms with van der Waals surface area (Å²) in [6.45, 7) is 0.769. The van der Waals surface area contributed by atoms with Crippen LogP contribution in [0.25, 0.3) is 0 Å². The Morgan fingerprint density at radius 1 is 1.29 bits per heavy atom. The van der Waals surface area contributed by atoms with Gasteiger partial charge in [-0.05, 0) is 29.8 Å². The smallest absolute Gasteiger partial charge is 0.231 e. The number of rotatable bonds is 4. The van der Waals surface area contributed by atoms with E-state index in [2.05, 4.69) is 11.4 Å². The number of nitriles is 1. The molecule has 2 aromatic carbocycles. The zero-order valence-electron chi connectivity index (χ0n) is 11.6. The quantitative estimate of drug-likeness (QED) is 0.934. The van der Waals surface area contributed by atoms with Crippen LogP contribution in [0.4, 0.5) is 5.69 Å². The van der Waals surface area contributed by atoms with Gasteiger partial charge >= 0.3 is 0 Å². The van der Waals surface area contributed by atoms with E-state index in [1.807, 2.05) is 30.3 Å². The average Bonchev–Trinajstić information content (AvgIpc) is 3.00. The molecule has 1 aliphatic rings. The van der Waals surface area contributed by atoms with Crippen molar-refractivity contribution in [2.24, 2.45) is 0 Å². The van der Waals surface area contributed by atoms with E-state index in [0.717, 1.165) is 11.3 Å². The molecule has 0 saturated carbocycles. The van der Waals surface area contributed by atoms with Crippen molar-refractivity contribution in [3.8, 4) is 23.3 Å². The summed E-state index contributed by atoms with van der Waals surface area (Å²) in [6, 6.07) is 13.4. The van der Waals surface area contributed by atoms with Gasteiger partial charge in [-0.3, -0.25) is 0 Å². The minimum Gasteiger partial charge on any atom is -0.493 e. The van der Waals surface area contributed by atoms with Gasteiger partial charge in [0.2, 0.25) is 12.5 Å². The SMILES string of the molecule is COc1cc(CNc2ccccc2C#N)cc2c1OCO2. The highest BCUT2D eigenvalue weighted by molar-refractivity contribution is 5.59. The lowest BCUT2D eigenvalue weighted by Crippen LogP contribution is -2.01. The van der Waals surface area contributed by atoms with Gasteiger partial charge in [-0.15, -0.1) is 0 Å². The van der Waals surface area contributed by atoms with Crippen molar-refractivity contribution < 1.29 is 14.2 Å². The van der Waals surface area contributed by atoms with E-state index < -0.39 is 0 Å². The molecule has 5 nitrogen and oxygen atoms in total. The molecule has 0 atom stereocenters. The van der Waals surface area contributed by atoms with Crippen LogP contribution in [0.3, 0.4) is 0 Å². The van der Waals surface area contributed by atoms with Crippen molar-refractivity contribution in [2.75, 3.05) is 19.2 Å². The van der Waals surface area contributed by atoms with Crippen LogP contribution in [0.15, 0.2) is 36.4 Å². The van der Waals surface area contributed by atoms with Crippen LogP contribution >= 0.6 is 0 Å². The summed E-state index contributed by atoms with van der Waals surface area (Å²) in [5.74, 6) is 1.97. The minimum atomic E-state index is 0.208. The monoisotopic (exact) mass is 282 g/mol. The molecule has 1 N–H and O–H groups in total. The number of anilines is 1. The first kappa shape index (κ1) is 13.1. The van der Waals surface area contributed by atoms with E-state index in [4.69, 9.17) is 19.5 Å². The normalized spacial score (nSPS) is 11.8. The Kier molecular flexibility index (Phi) is 3.52. The number of nitrogens with zero attached hydrogens (tertiary/aromatic N) is 1. The molecular weight excluding hydrogens is 268 g/mol. The van der Waals surface area contributed by atoms with Crippen LogP contribution in [0, 0.1) is 11.3 Å². The zero-order chi connectivity index (χ0) is 14.7. The molecule has 1 aliphatic heterocycles. The Morgan fingerprint density at radius 2 is 2.14 bits per heavy atom. The second kappa shape index (κ2) is 5.63. The molecule has 0 saturated heterocycles. The van der Waals surface area contributed by atoms with E-state index in [1.54, 1.807) is 13.2 Å². The highest BCUT2D eigenvalue weighted by Gasteiger charge is 2.19. The molecule has 0 radical (unpaired) electrons. The Hall–Kier alpha value is -2.87. The third-order valence-corrected chi connectivity index (χ3v) is 3.25. The molecule has 1 heterocycles. The van der Waals surface area contributed by atoms with Crippen molar-refractivity contribution in [2.45, 2.75) is 6.54 Å². The molecule has 0 unspecified atom stereocenters. The minimum absolute atomic E-state index is 0.208. The van der Waals surface area contributed by atoms with E-state index in [-0.39, 0.29) is 6.79 Å². The number of methoxy groups -OCH3 is 1. The molecule has 0 spiro atoms.